The summed E-state index contributed by atoms with van der Waals surface area (Å²) in [5.41, 5.74) is 1.73. The van der Waals surface area contributed by atoms with Crippen LogP contribution in [0.4, 0.5) is 4.79 Å². The predicted molar refractivity (Wildman–Crippen MR) is 113 cm³/mol. The van der Waals surface area contributed by atoms with Gasteiger partial charge in [-0.2, -0.15) is 0 Å². The first-order valence-electron chi connectivity index (χ1n) is 10.9. The van der Waals surface area contributed by atoms with Crippen LogP contribution in [0.3, 0.4) is 0 Å². The summed E-state index contributed by atoms with van der Waals surface area (Å²) in [6.07, 6.45) is 3.07. The maximum atomic E-state index is 13.8. The Kier molecular flexibility index (Phi) is 4.21. The summed E-state index contributed by atoms with van der Waals surface area (Å²) in [5.74, 6) is -0.348. The van der Waals surface area contributed by atoms with Gasteiger partial charge in [-0.3, -0.25) is 9.59 Å². The van der Waals surface area contributed by atoms with E-state index in [1.165, 1.54) is 4.90 Å². The second kappa shape index (κ2) is 6.59. The number of nitrogens with zero attached hydrogens (tertiary/aromatic N) is 2. The molecule has 1 aromatic carbocycles. The third-order valence-corrected chi connectivity index (χ3v) is 6.73. The molecule has 3 aliphatic rings. The zero-order valence-electron chi connectivity index (χ0n) is 17.7. The average molecular weight is 409 g/mol. The minimum absolute atomic E-state index is 0.176. The van der Waals surface area contributed by atoms with Gasteiger partial charge in [0.25, 0.3) is 5.91 Å². The van der Waals surface area contributed by atoms with Crippen molar-refractivity contribution in [3.8, 4) is 0 Å². The van der Waals surface area contributed by atoms with E-state index in [-0.39, 0.29) is 29.8 Å². The van der Waals surface area contributed by atoms with Crippen LogP contribution in [0.2, 0.25) is 0 Å². The number of amides is 4. The number of carbonyl (C=O) groups excluding carboxylic acids is 3. The number of urea groups is 1. The van der Waals surface area contributed by atoms with Gasteiger partial charge in [0.2, 0.25) is 5.91 Å². The molecule has 0 spiro atoms. The molecule has 2 aliphatic heterocycles. The molecule has 2 fully saturated rings. The van der Waals surface area contributed by atoms with Gasteiger partial charge in [0.05, 0.1) is 5.69 Å². The van der Waals surface area contributed by atoms with Crippen LogP contribution in [-0.4, -0.2) is 51.3 Å². The number of aromatic nitrogens is 1. The Balaban J connectivity index is 1.57. The standard InChI is InChI=1S/C23H28N4O3/c1-13(2)12-18(20(28)24-14-8-9-14)27-21(29)23(3)19-16(10-11-26(23)22(27)30)15-6-4-5-7-17(15)25-19/h4-7,13-14,18,25H,8-12H2,1-3H3,(H,24,28)/t18-,23+/m0/s1. The molecule has 4 amide bonds. The molecule has 0 bridgehead atoms. The SMILES string of the molecule is CC(C)C[C@@H](C(=O)NC1CC1)N1C(=O)N2CCc3c([nH]c4ccccc34)[C@]2(C)C1=O. The molecule has 30 heavy (non-hydrogen) atoms. The number of aromatic amines is 1. The summed E-state index contributed by atoms with van der Waals surface area (Å²) < 4.78 is 0. The van der Waals surface area contributed by atoms with E-state index in [9.17, 15) is 14.4 Å². The first kappa shape index (κ1) is 19.2. The number of imide groups is 1. The second-order valence-corrected chi connectivity index (χ2v) is 9.38. The van der Waals surface area contributed by atoms with Crippen molar-refractivity contribution >= 4 is 28.7 Å². The van der Waals surface area contributed by atoms with Gasteiger partial charge < -0.3 is 15.2 Å². The molecule has 2 aromatic rings. The first-order valence-corrected chi connectivity index (χ1v) is 10.9. The van der Waals surface area contributed by atoms with Gasteiger partial charge in [-0.05, 0) is 50.2 Å². The molecule has 158 valence electrons. The van der Waals surface area contributed by atoms with Gasteiger partial charge in [-0.15, -0.1) is 0 Å². The van der Waals surface area contributed by atoms with Crippen molar-refractivity contribution in [1.82, 2.24) is 20.1 Å². The minimum Gasteiger partial charge on any atom is -0.356 e. The molecule has 1 aliphatic carbocycles. The van der Waals surface area contributed by atoms with E-state index in [1.807, 2.05) is 45.0 Å². The predicted octanol–water partition coefficient (Wildman–Crippen LogP) is 2.90. The third kappa shape index (κ3) is 2.67. The lowest BCUT2D eigenvalue weighted by Crippen LogP contribution is -2.51. The van der Waals surface area contributed by atoms with Crippen molar-refractivity contribution in [3.05, 3.63) is 35.5 Å². The number of hydrogen-bond acceptors (Lipinski definition) is 3. The van der Waals surface area contributed by atoms with Gasteiger partial charge in [0.1, 0.15) is 6.04 Å². The molecule has 1 saturated carbocycles. The average Bonchev–Trinajstić information content (AvgIpc) is 3.39. The van der Waals surface area contributed by atoms with E-state index in [4.69, 9.17) is 0 Å². The lowest BCUT2D eigenvalue weighted by atomic mass is 9.87. The molecule has 1 saturated heterocycles. The fourth-order valence-electron chi connectivity index (χ4n) is 4.99. The monoisotopic (exact) mass is 408 g/mol. The quantitative estimate of drug-likeness (QED) is 0.746. The third-order valence-electron chi connectivity index (χ3n) is 6.73. The summed E-state index contributed by atoms with van der Waals surface area (Å²) in [7, 11) is 0. The van der Waals surface area contributed by atoms with Crippen molar-refractivity contribution < 1.29 is 14.4 Å². The van der Waals surface area contributed by atoms with Crippen LogP contribution in [0.25, 0.3) is 10.9 Å². The number of rotatable bonds is 5. The number of carbonyl (C=O) groups is 3. The van der Waals surface area contributed by atoms with Crippen LogP contribution in [0, 0.1) is 5.92 Å². The number of nitrogens with one attached hydrogen (secondary N) is 2. The number of para-hydroxylation sites is 1. The van der Waals surface area contributed by atoms with Gasteiger partial charge in [-0.25, -0.2) is 9.69 Å². The molecular formula is C23H28N4O3. The zero-order valence-corrected chi connectivity index (χ0v) is 17.7. The largest absolute Gasteiger partial charge is 0.356 e. The van der Waals surface area contributed by atoms with Crippen molar-refractivity contribution in [3.63, 3.8) is 0 Å². The van der Waals surface area contributed by atoms with Crippen LogP contribution in [0.1, 0.15) is 51.3 Å². The Bertz CT molecular complexity index is 1050. The van der Waals surface area contributed by atoms with E-state index in [0.717, 1.165) is 35.0 Å². The number of H-pyrrole nitrogens is 1. The summed E-state index contributed by atoms with van der Waals surface area (Å²) in [4.78, 5) is 46.6. The van der Waals surface area contributed by atoms with Crippen LogP contribution >= 0.6 is 0 Å². The Morgan fingerprint density at radius 3 is 2.70 bits per heavy atom. The summed E-state index contributed by atoms with van der Waals surface area (Å²) in [6.45, 7) is 6.29. The molecule has 5 rings (SSSR count). The summed E-state index contributed by atoms with van der Waals surface area (Å²) >= 11 is 0. The highest BCUT2D eigenvalue weighted by Crippen LogP contribution is 2.45. The van der Waals surface area contributed by atoms with Crippen LogP contribution in [0.5, 0.6) is 0 Å². The summed E-state index contributed by atoms with van der Waals surface area (Å²) in [5, 5.41) is 4.10. The maximum Gasteiger partial charge on any atom is 0.328 e. The lowest BCUT2D eigenvalue weighted by molar-refractivity contribution is -0.140. The van der Waals surface area contributed by atoms with E-state index < -0.39 is 11.6 Å². The van der Waals surface area contributed by atoms with Crippen molar-refractivity contribution in [2.24, 2.45) is 5.92 Å². The molecule has 3 heterocycles. The van der Waals surface area contributed by atoms with Crippen molar-refractivity contribution in [1.29, 1.82) is 0 Å². The zero-order chi connectivity index (χ0) is 21.2. The smallest absolute Gasteiger partial charge is 0.328 e. The Labute approximate surface area is 175 Å². The topological polar surface area (TPSA) is 85.5 Å². The Hall–Kier alpha value is -2.83. The second-order valence-electron chi connectivity index (χ2n) is 9.38. The van der Waals surface area contributed by atoms with Crippen LogP contribution in [0.15, 0.2) is 24.3 Å². The molecule has 0 unspecified atom stereocenters. The fraction of sp³-hybridized carbons (Fsp3) is 0.522. The van der Waals surface area contributed by atoms with E-state index in [0.29, 0.717) is 19.4 Å². The van der Waals surface area contributed by atoms with Gasteiger partial charge in [0.15, 0.2) is 5.54 Å². The molecule has 2 atom stereocenters. The number of fused-ring (bicyclic) bond motifs is 5. The fourth-order valence-corrected chi connectivity index (χ4v) is 4.99. The Morgan fingerprint density at radius 1 is 1.27 bits per heavy atom. The molecule has 1 aromatic heterocycles. The lowest BCUT2D eigenvalue weighted by Gasteiger charge is -2.36. The highest BCUT2D eigenvalue weighted by atomic mass is 16.2. The van der Waals surface area contributed by atoms with Gasteiger partial charge in [-0.1, -0.05) is 32.0 Å². The van der Waals surface area contributed by atoms with Gasteiger partial charge in [0, 0.05) is 23.5 Å². The normalized spacial score (nSPS) is 24.4. The van der Waals surface area contributed by atoms with Crippen molar-refractivity contribution in [2.45, 2.75) is 64.1 Å². The molecule has 7 nitrogen and oxygen atoms in total. The highest BCUT2D eigenvalue weighted by molar-refractivity contribution is 6.11. The van der Waals surface area contributed by atoms with Gasteiger partial charge >= 0.3 is 6.03 Å². The number of benzene rings is 1. The molecule has 7 heteroatoms. The maximum absolute atomic E-state index is 13.8. The molecule has 0 radical (unpaired) electrons. The molecule has 2 N–H and O–H groups in total. The van der Waals surface area contributed by atoms with E-state index in [1.54, 1.807) is 4.90 Å². The van der Waals surface area contributed by atoms with Crippen molar-refractivity contribution in [2.75, 3.05) is 6.54 Å². The van der Waals surface area contributed by atoms with E-state index in [2.05, 4.69) is 10.3 Å². The van der Waals surface area contributed by atoms with Crippen LogP contribution in [-0.2, 0) is 21.5 Å². The first-order chi connectivity index (χ1) is 14.3. The Morgan fingerprint density at radius 2 is 2.00 bits per heavy atom. The summed E-state index contributed by atoms with van der Waals surface area (Å²) in [6, 6.07) is 7.03. The minimum atomic E-state index is -1.11. The van der Waals surface area contributed by atoms with Crippen LogP contribution < -0.4 is 5.32 Å². The molecular weight excluding hydrogens is 380 g/mol. The number of hydrogen-bond donors (Lipinski definition) is 2. The van der Waals surface area contributed by atoms with E-state index >= 15 is 0 Å². The highest BCUT2D eigenvalue weighted by Gasteiger charge is 2.60.